The minimum Gasteiger partial charge on any atom is -0.481 e. The van der Waals surface area contributed by atoms with Crippen LogP contribution in [0, 0.1) is 0 Å². The third kappa shape index (κ3) is 31.6. The van der Waals surface area contributed by atoms with Crippen molar-refractivity contribution in [3.8, 4) is 0 Å². The summed E-state index contributed by atoms with van der Waals surface area (Å²) in [5.74, 6) is -0.679. The van der Waals surface area contributed by atoms with Crippen molar-refractivity contribution in [2.45, 2.75) is 199 Å². The van der Waals surface area contributed by atoms with Gasteiger partial charge in [0.15, 0.2) is 0 Å². The lowest BCUT2D eigenvalue weighted by Crippen LogP contribution is -2.43. The molecule has 0 bridgehead atoms. The minimum atomic E-state index is -0.672. The van der Waals surface area contributed by atoms with Gasteiger partial charge in [0.1, 0.15) is 0 Å². The number of carboxylic acid groups (broad SMARTS) is 1. The van der Waals surface area contributed by atoms with Crippen molar-refractivity contribution in [1.29, 1.82) is 0 Å². The Hall–Kier alpha value is -1.14. The third-order valence-corrected chi connectivity index (χ3v) is 8.27. The summed E-state index contributed by atoms with van der Waals surface area (Å²) in [5.41, 5.74) is 6.24. The Balaban J connectivity index is 3.44. The smallest absolute Gasteiger partial charge is 0.305 e. The van der Waals surface area contributed by atoms with Crippen molar-refractivity contribution in [2.24, 2.45) is 5.73 Å². The number of nitrogens with one attached hydrogen (secondary N) is 1. The molecule has 41 heavy (non-hydrogen) atoms. The highest BCUT2D eigenvalue weighted by Gasteiger charge is 2.12. The van der Waals surface area contributed by atoms with Crippen LogP contribution >= 0.6 is 0 Å². The average Bonchev–Trinajstić information content (AvgIpc) is 2.94. The standard InChI is InChI=1S/C35H70N2O4/c1-3-4-5-6-21-26-31-41-35(40)29-24-19-15-11-8-12-16-20-25-30-37-33(32(2)36)27-22-17-13-9-7-10-14-18-23-28-34(38)39/h32-33,37H,3-31,36H2,1-2H3,(H,38,39). The monoisotopic (exact) mass is 583 g/mol. The lowest BCUT2D eigenvalue weighted by atomic mass is 10.0. The number of carboxylic acids is 1. The van der Waals surface area contributed by atoms with E-state index in [0.717, 1.165) is 38.6 Å². The number of aliphatic carboxylic acids is 1. The van der Waals surface area contributed by atoms with E-state index in [-0.39, 0.29) is 12.0 Å². The third-order valence-electron chi connectivity index (χ3n) is 8.27. The molecule has 0 aliphatic rings. The summed E-state index contributed by atoms with van der Waals surface area (Å²) < 4.78 is 5.36. The molecule has 0 aliphatic heterocycles. The Morgan fingerprint density at radius 1 is 0.634 bits per heavy atom. The van der Waals surface area contributed by atoms with E-state index in [1.807, 2.05) is 0 Å². The number of nitrogens with two attached hydrogens (primary N) is 1. The van der Waals surface area contributed by atoms with Gasteiger partial charge in [-0.15, -0.1) is 0 Å². The van der Waals surface area contributed by atoms with Gasteiger partial charge >= 0.3 is 11.9 Å². The van der Waals surface area contributed by atoms with E-state index in [1.165, 1.54) is 128 Å². The van der Waals surface area contributed by atoms with Crippen molar-refractivity contribution >= 4 is 11.9 Å². The molecule has 6 heteroatoms. The normalized spacial score (nSPS) is 12.9. The second kappa shape index (κ2) is 31.8. The molecule has 0 spiro atoms. The van der Waals surface area contributed by atoms with Crippen LogP contribution in [-0.4, -0.2) is 42.3 Å². The Labute approximate surface area is 254 Å². The zero-order chi connectivity index (χ0) is 30.2. The Morgan fingerprint density at radius 3 is 1.59 bits per heavy atom. The Morgan fingerprint density at radius 2 is 1.07 bits per heavy atom. The summed E-state index contributed by atoms with van der Waals surface area (Å²) >= 11 is 0. The van der Waals surface area contributed by atoms with Gasteiger partial charge in [0.05, 0.1) is 6.61 Å². The average molecular weight is 583 g/mol. The van der Waals surface area contributed by atoms with Gasteiger partial charge < -0.3 is 20.9 Å². The van der Waals surface area contributed by atoms with Crippen LogP contribution in [0.15, 0.2) is 0 Å². The van der Waals surface area contributed by atoms with Gasteiger partial charge in [0.2, 0.25) is 0 Å². The molecule has 0 amide bonds. The van der Waals surface area contributed by atoms with Gasteiger partial charge in [-0.2, -0.15) is 0 Å². The fourth-order valence-electron chi connectivity index (χ4n) is 5.49. The zero-order valence-electron chi connectivity index (χ0n) is 27.4. The molecule has 0 radical (unpaired) electrons. The predicted molar refractivity (Wildman–Crippen MR) is 174 cm³/mol. The number of carbonyl (C=O) groups is 2. The molecule has 0 aromatic heterocycles. The van der Waals surface area contributed by atoms with Crippen LogP contribution in [0.3, 0.4) is 0 Å². The van der Waals surface area contributed by atoms with E-state index < -0.39 is 5.97 Å². The van der Waals surface area contributed by atoms with E-state index in [1.54, 1.807) is 0 Å². The number of unbranched alkanes of at least 4 members (excludes halogenated alkanes) is 21. The molecule has 244 valence electrons. The van der Waals surface area contributed by atoms with Crippen LogP contribution in [-0.2, 0) is 14.3 Å². The van der Waals surface area contributed by atoms with Crippen LogP contribution in [0.1, 0.15) is 187 Å². The van der Waals surface area contributed by atoms with Crippen LogP contribution < -0.4 is 11.1 Å². The summed E-state index contributed by atoms with van der Waals surface area (Å²) in [4.78, 5) is 22.3. The molecule has 2 atom stereocenters. The first-order chi connectivity index (χ1) is 20.0. The van der Waals surface area contributed by atoms with Crippen molar-refractivity contribution in [3.05, 3.63) is 0 Å². The molecular weight excluding hydrogens is 512 g/mol. The fraction of sp³-hybridized carbons (Fsp3) is 0.943. The molecule has 0 heterocycles. The maximum atomic E-state index is 11.8. The first kappa shape index (κ1) is 39.9. The first-order valence-electron chi connectivity index (χ1n) is 17.8. The molecule has 0 fully saturated rings. The Bertz CT molecular complexity index is 570. The number of hydrogen-bond donors (Lipinski definition) is 3. The molecule has 0 aromatic rings. The molecule has 4 N–H and O–H groups in total. The fourth-order valence-corrected chi connectivity index (χ4v) is 5.49. The molecular formula is C35H70N2O4. The molecule has 0 aliphatic carbocycles. The second-order valence-corrected chi connectivity index (χ2v) is 12.5. The molecule has 0 rings (SSSR count). The largest absolute Gasteiger partial charge is 0.481 e. The predicted octanol–water partition coefficient (Wildman–Crippen LogP) is 9.47. The van der Waals surface area contributed by atoms with Crippen LogP contribution in [0.25, 0.3) is 0 Å². The second-order valence-electron chi connectivity index (χ2n) is 12.5. The molecule has 6 nitrogen and oxygen atoms in total. The molecule has 0 aromatic carbocycles. The number of carbonyl (C=O) groups excluding carboxylic acids is 1. The van der Waals surface area contributed by atoms with Gasteiger partial charge in [-0.25, -0.2) is 0 Å². The van der Waals surface area contributed by atoms with Crippen molar-refractivity contribution < 1.29 is 19.4 Å². The highest BCUT2D eigenvalue weighted by atomic mass is 16.5. The van der Waals surface area contributed by atoms with Gasteiger partial charge in [0.25, 0.3) is 0 Å². The number of ether oxygens (including phenoxy) is 1. The zero-order valence-corrected chi connectivity index (χ0v) is 27.4. The van der Waals surface area contributed by atoms with Gasteiger partial charge in [-0.1, -0.05) is 135 Å². The molecule has 0 saturated heterocycles. The minimum absolute atomic E-state index is 0.00635. The number of rotatable bonds is 33. The van der Waals surface area contributed by atoms with E-state index in [9.17, 15) is 9.59 Å². The van der Waals surface area contributed by atoms with Gasteiger partial charge in [-0.05, 0) is 45.6 Å². The van der Waals surface area contributed by atoms with E-state index in [0.29, 0.717) is 25.5 Å². The van der Waals surface area contributed by atoms with Gasteiger partial charge in [0, 0.05) is 24.9 Å². The quantitative estimate of drug-likeness (QED) is 0.0526. The summed E-state index contributed by atoms with van der Waals surface area (Å²) in [6.07, 6.45) is 31.2. The lowest BCUT2D eigenvalue weighted by Gasteiger charge is -2.22. The highest BCUT2D eigenvalue weighted by molar-refractivity contribution is 5.69. The lowest BCUT2D eigenvalue weighted by molar-refractivity contribution is -0.144. The van der Waals surface area contributed by atoms with Crippen LogP contribution in [0.2, 0.25) is 0 Å². The summed E-state index contributed by atoms with van der Waals surface area (Å²) in [6, 6.07) is 0.625. The topological polar surface area (TPSA) is 102 Å². The molecule has 2 unspecified atom stereocenters. The molecule has 0 saturated carbocycles. The van der Waals surface area contributed by atoms with Crippen molar-refractivity contribution in [2.75, 3.05) is 13.2 Å². The van der Waals surface area contributed by atoms with E-state index >= 15 is 0 Å². The summed E-state index contributed by atoms with van der Waals surface area (Å²) in [7, 11) is 0. The van der Waals surface area contributed by atoms with E-state index in [2.05, 4.69) is 19.2 Å². The summed E-state index contributed by atoms with van der Waals surface area (Å²) in [6.45, 7) is 6.03. The highest BCUT2D eigenvalue weighted by Crippen LogP contribution is 2.14. The SMILES string of the molecule is CCCCCCCCOC(=O)CCCCCCCCCCCNC(CCCCCCCCCCCC(=O)O)C(C)N. The van der Waals surface area contributed by atoms with E-state index in [4.69, 9.17) is 15.6 Å². The number of esters is 1. The number of hydrogen-bond acceptors (Lipinski definition) is 5. The maximum Gasteiger partial charge on any atom is 0.305 e. The first-order valence-corrected chi connectivity index (χ1v) is 17.8. The van der Waals surface area contributed by atoms with Crippen LogP contribution in [0.4, 0.5) is 0 Å². The van der Waals surface area contributed by atoms with Crippen molar-refractivity contribution in [3.63, 3.8) is 0 Å². The summed E-state index contributed by atoms with van der Waals surface area (Å²) in [5, 5.41) is 12.4. The van der Waals surface area contributed by atoms with Crippen molar-refractivity contribution in [1.82, 2.24) is 5.32 Å². The maximum absolute atomic E-state index is 11.8. The van der Waals surface area contributed by atoms with Crippen LogP contribution in [0.5, 0.6) is 0 Å². The van der Waals surface area contributed by atoms with Gasteiger partial charge in [-0.3, -0.25) is 9.59 Å². The Kier molecular flexibility index (Phi) is 30.9.